The molecule has 1 aliphatic rings. The van der Waals surface area contributed by atoms with E-state index in [4.69, 9.17) is 4.74 Å². The Balaban J connectivity index is 1.52. The lowest BCUT2D eigenvalue weighted by Gasteiger charge is -2.09. The predicted octanol–water partition coefficient (Wildman–Crippen LogP) is 3.66. The molecule has 0 unspecified atom stereocenters. The maximum absolute atomic E-state index is 11.7. The van der Waals surface area contributed by atoms with Gasteiger partial charge in [-0.15, -0.1) is 0 Å². The molecule has 1 amide bonds. The summed E-state index contributed by atoms with van der Waals surface area (Å²) >= 11 is 0. The molecule has 0 heterocycles. The highest BCUT2D eigenvalue weighted by atomic mass is 16.5. The molecule has 1 saturated carbocycles. The molecule has 1 aliphatic carbocycles. The zero-order chi connectivity index (χ0) is 15.4. The largest absolute Gasteiger partial charge is 0.497 e. The fraction of sp³-hybridized carbons (Fsp3) is 0.278. The third-order valence-electron chi connectivity index (χ3n) is 3.76. The molecule has 0 aliphatic heterocycles. The van der Waals surface area contributed by atoms with Crippen LogP contribution in [0.15, 0.2) is 48.5 Å². The van der Waals surface area contributed by atoms with Gasteiger partial charge in [-0.05, 0) is 54.8 Å². The van der Waals surface area contributed by atoms with E-state index in [-0.39, 0.29) is 11.8 Å². The Labute approximate surface area is 130 Å². The van der Waals surface area contributed by atoms with Crippen LogP contribution >= 0.6 is 0 Å². The van der Waals surface area contributed by atoms with Gasteiger partial charge in [-0.3, -0.25) is 4.79 Å². The Morgan fingerprint density at radius 3 is 2.27 bits per heavy atom. The van der Waals surface area contributed by atoms with Crippen molar-refractivity contribution in [1.29, 1.82) is 0 Å². The molecule has 2 aromatic rings. The van der Waals surface area contributed by atoms with Crippen molar-refractivity contribution >= 4 is 17.3 Å². The lowest BCUT2D eigenvalue weighted by Crippen LogP contribution is -2.13. The van der Waals surface area contributed by atoms with Gasteiger partial charge in [0, 0.05) is 23.8 Å². The summed E-state index contributed by atoms with van der Waals surface area (Å²) in [5.41, 5.74) is 3.07. The van der Waals surface area contributed by atoms with Crippen LogP contribution in [-0.4, -0.2) is 13.0 Å². The first-order chi connectivity index (χ1) is 10.7. The monoisotopic (exact) mass is 296 g/mol. The second kappa shape index (κ2) is 6.52. The predicted molar refractivity (Wildman–Crippen MR) is 88.1 cm³/mol. The molecule has 1 fully saturated rings. The number of carbonyl (C=O) groups excluding carboxylic acids is 1. The molecule has 2 aromatic carbocycles. The average molecular weight is 296 g/mol. The average Bonchev–Trinajstić information content (AvgIpc) is 3.40. The van der Waals surface area contributed by atoms with Crippen molar-refractivity contribution in [2.24, 2.45) is 5.92 Å². The molecule has 0 aromatic heterocycles. The molecule has 2 N–H and O–H groups in total. The minimum atomic E-state index is 0.138. The summed E-state index contributed by atoms with van der Waals surface area (Å²) in [5.74, 6) is 1.23. The number of anilines is 2. The van der Waals surface area contributed by atoms with Crippen molar-refractivity contribution in [2.75, 3.05) is 17.7 Å². The van der Waals surface area contributed by atoms with Crippen LogP contribution in [0.3, 0.4) is 0 Å². The first kappa shape index (κ1) is 14.4. The van der Waals surface area contributed by atoms with Gasteiger partial charge in [0.1, 0.15) is 5.75 Å². The maximum Gasteiger partial charge on any atom is 0.227 e. The van der Waals surface area contributed by atoms with E-state index in [2.05, 4.69) is 10.6 Å². The van der Waals surface area contributed by atoms with E-state index in [1.54, 1.807) is 7.11 Å². The van der Waals surface area contributed by atoms with E-state index < -0.39 is 0 Å². The minimum absolute atomic E-state index is 0.138. The molecule has 0 radical (unpaired) electrons. The van der Waals surface area contributed by atoms with Gasteiger partial charge in [0.25, 0.3) is 0 Å². The Bertz CT molecular complexity index is 631. The number of carbonyl (C=O) groups is 1. The number of nitrogens with one attached hydrogen (secondary N) is 2. The van der Waals surface area contributed by atoms with E-state index in [1.165, 1.54) is 5.56 Å². The summed E-state index contributed by atoms with van der Waals surface area (Å²) in [4.78, 5) is 11.7. The highest BCUT2D eigenvalue weighted by molar-refractivity contribution is 5.94. The smallest absolute Gasteiger partial charge is 0.227 e. The first-order valence-corrected chi connectivity index (χ1v) is 7.52. The molecular formula is C18H20N2O2. The summed E-state index contributed by atoms with van der Waals surface area (Å²) in [6, 6.07) is 15.8. The molecule has 0 atom stereocenters. The molecule has 0 bridgehead atoms. The van der Waals surface area contributed by atoms with Crippen LogP contribution in [0, 0.1) is 5.92 Å². The number of benzene rings is 2. The fourth-order valence-electron chi connectivity index (χ4n) is 2.21. The lowest BCUT2D eigenvalue weighted by molar-refractivity contribution is -0.117. The van der Waals surface area contributed by atoms with Crippen LogP contribution in [0.2, 0.25) is 0 Å². The molecule has 0 saturated heterocycles. The van der Waals surface area contributed by atoms with Gasteiger partial charge in [0.15, 0.2) is 0 Å². The number of hydrogen-bond acceptors (Lipinski definition) is 3. The maximum atomic E-state index is 11.7. The van der Waals surface area contributed by atoms with Gasteiger partial charge >= 0.3 is 0 Å². The van der Waals surface area contributed by atoms with Gasteiger partial charge in [0.2, 0.25) is 5.91 Å². The molecule has 0 spiro atoms. The molecule has 4 nitrogen and oxygen atoms in total. The Hall–Kier alpha value is -2.49. The van der Waals surface area contributed by atoms with Crippen molar-refractivity contribution in [3.05, 3.63) is 54.1 Å². The topological polar surface area (TPSA) is 50.4 Å². The Morgan fingerprint density at radius 1 is 1.05 bits per heavy atom. The lowest BCUT2D eigenvalue weighted by atomic mass is 10.2. The van der Waals surface area contributed by atoms with Crippen molar-refractivity contribution in [1.82, 2.24) is 0 Å². The number of ether oxygens (including phenoxy) is 1. The fourth-order valence-corrected chi connectivity index (χ4v) is 2.21. The van der Waals surface area contributed by atoms with Crippen LogP contribution in [0.5, 0.6) is 5.75 Å². The minimum Gasteiger partial charge on any atom is -0.497 e. The van der Waals surface area contributed by atoms with Crippen molar-refractivity contribution < 1.29 is 9.53 Å². The van der Waals surface area contributed by atoms with Gasteiger partial charge in [0.05, 0.1) is 7.11 Å². The van der Waals surface area contributed by atoms with E-state index in [9.17, 15) is 4.79 Å². The van der Waals surface area contributed by atoms with Gasteiger partial charge < -0.3 is 15.4 Å². The zero-order valence-corrected chi connectivity index (χ0v) is 12.6. The van der Waals surface area contributed by atoms with E-state index >= 15 is 0 Å². The van der Waals surface area contributed by atoms with Gasteiger partial charge in [-0.2, -0.15) is 0 Å². The van der Waals surface area contributed by atoms with Crippen molar-refractivity contribution in [2.45, 2.75) is 19.4 Å². The third-order valence-corrected chi connectivity index (χ3v) is 3.76. The first-order valence-electron chi connectivity index (χ1n) is 7.52. The molecule has 22 heavy (non-hydrogen) atoms. The van der Waals surface area contributed by atoms with Crippen LogP contribution < -0.4 is 15.4 Å². The normalized spacial score (nSPS) is 13.5. The highest BCUT2D eigenvalue weighted by Crippen LogP contribution is 2.30. The molecule has 4 heteroatoms. The van der Waals surface area contributed by atoms with Crippen molar-refractivity contribution in [3.8, 4) is 5.75 Å². The van der Waals surface area contributed by atoms with E-state index in [1.807, 2.05) is 48.5 Å². The van der Waals surface area contributed by atoms with Crippen LogP contribution in [0.4, 0.5) is 11.4 Å². The summed E-state index contributed by atoms with van der Waals surface area (Å²) in [5, 5.41) is 6.30. The zero-order valence-electron chi connectivity index (χ0n) is 12.6. The van der Waals surface area contributed by atoms with E-state index in [0.29, 0.717) is 0 Å². The molecule has 114 valence electrons. The van der Waals surface area contributed by atoms with E-state index in [0.717, 1.165) is 36.5 Å². The summed E-state index contributed by atoms with van der Waals surface area (Å²) in [6.45, 7) is 0.748. The summed E-state index contributed by atoms with van der Waals surface area (Å²) in [6.07, 6.45) is 2.04. The summed E-state index contributed by atoms with van der Waals surface area (Å²) in [7, 11) is 1.66. The Kier molecular flexibility index (Phi) is 4.28. The van der Waals surface area contributed by atoms with Crippen LogP contribution in [0.25, 0.3) is 0 Å². The quantitative estimate of drug-likeness (QED) is 0.855. The Morgan fingerprint density at radius 2 is 1.68 bits per heavy atom. The number of hydrogen-bond donors (Lipinski definition) is 2. The molecular weight excluding hydrogens is 276 g/mol. The summed E-state index contributed by atoms with van der Waals surface area (Å²) < 4.78 is 5.14. The van der Waals surface area contributed by atoms with Crippen LogP contribution in [-0.2, 0) is 11.3 Å². The van der Waals surface area contributed by atoms with Gasteiger partial charge in [-0.1, -0.05) is 12.1 Å². The van der Waals surface area contributed by atoms with Crippen LogP contribution in [0.1, 0.15) is 18.4 Å². The third kappa shape index (κ3) is 3.79. The second-order valence-corrected chi connectivity index (χ2v) is 5.54. The standard InChI is InChI=1S/C18H20N2O2/c1-22-17-10-2-13(3-11-17)12-19-15-6-8-16(9-7-15)20-18(21)14-4-5-14/h2-3,6-11,14,19H,4-5,12H2,1H3,(H,20,21). The SMILES string of the molecule is COc1ccc(CNc2ccc(NC(=O)C3CC3)cc2)cc1. The highest BCUT2D eigenvalue weighted by Gasteiger charge is 2.29. The number of amides is 1. The van der Waals surface area contributed by atoms with Crippen molar-refractivity contribution in [3.63, 3.8) is 0 Å². The second-order valence-electron chi connectivity index (χ2n) is 5.54. The number of methoxy groups -OCH3 is 1. The number of rotatable bonds is 6. The van der Waals surface area contributed by atoms with Gasteiger partial charge in [-0.25, -0.2) is 0 Å². The molecule has 3 rings (SSSR count).